The first kappa shape index (κ1) is 17.5. The Morgan fingerprint density at radius 2 is 1.96 bits per heavy atom. The molecule has 1 amide bonds. The second-order valence-corrected chi connectivity index (χ2v) is 5.50. The molecule has 8 heteroatoms. The molecule has 128 valence electrons. The van der Waals surface area contributed by atoms with Crippen molar-refractivity contribution in [2.75, 3.05) is 6.54 Å². The minimum Gasteiger partial charge on any atom is -0.491 e. The third kappa shape index (κ3) is 4.31. The molecule has 0 radical (unpaired) electrons. The number of carboxylic acid groups (broad SMARTS) is 1. The van der Waals surface area contributed by atoms with Gasteiger partial charge in [0.15, 0.2) is 5.69 Å². The normalized spacial score (nSPS) is 10.7. The third-order valence-corrected chi connectivity index (χ3v) is 3.19. The topological polar surface area (TPSA) is 106 Å². The Morgan fingerprint density at radius 3 is 2.54 bits per heavy atom. The van der Waals surface area contributed by atoms with Crippen LogP contribution in [-0.4, -0.2) is 44.6 Å². The number of aliphatic carboxylic acids is 1. The zero-order valence-corrected chi connectivity index (χ0v) is 13.8. The lowest BCUT2D eigenvalue weighted by Crippen LogP contribution is -2.27. The van der Waals surface area contributed by atoms with Gasteiger partial charge in [-0.2, -0.15) is 0 Å². The number of carbonyl (C=O) groups is 2. The lowest BCUT2D eigenvalue weighted by Gasteiger charge is -2.10. The summed E-state index contributed by atoms with van der Waals surface area (Å²) in [6.45, 7) is 5.67. The fraction of sp³-hybridized carbons (Fsp3) is 0.375. The van der Waals surface area contributed by atoms with Crippen molar-refractivity contribution >= 4 is 11.9 Å². The number of hydrogen-bond donors (Lipinski definition) is 2. The van der Waals surface area contributed by atoms with Gasteiger partial charge in [0.1, 0.15) is 5.75 Å². The molecular formula is C16H20N4O4. The van der Waals surface area contributed by atoms with Gasteiger partial charge in [-0.25, -0.2) is 4.68 Å². The Labute approximate surface area is 139 Å². The lowest BCUT2D eigenvalue weighted by molar-refractivity contribution is -0.136. The van der Waals surface area contributed by atoms with Gasteiger partial charge in [-0.3, -0.25) is 9.59 Å². The molecule has 2 N–H and O–H groups in total. The molecule has 0 fully saturated rings. The second kappa shape index (κ2) is 7.58. The van der Waals surface area contributed by atoms with Crippen molar-refractivity contribution in [3.05, 3.63) is 35.7 Å². The number of carboxylic acids is 1. The molecule has 0 saturated heterocycles. The number of amides is 1. The SMILES string of the molecule is Cc1c(C(=O)NCCC(=O)O)nnn1-c1ccc(OC(C)C)cc1. The number of hydrogen-bond acceptors (Lipinski definition) is 5. The van der Waals surface area contributed by atoms with E-state index in [2.05, 4.69) is 15.6 Å². The molecule has 0 bridgehead atoms. The number of nitrogens with one attached hydrogen (secondary N) is 1. The van der Waals surface area contributed by atoms with Gasteiger partial charge in [0.2, 0.25) is 0 Å². The fourth-order valence-electron chi connectivity index (χ4n) is 2.09. The highest BCUT2D eigenvalue weighted by Crippen LogP contribution is 2.18. The molecule has 24 heavy (non-hydrogen) atoms. The molecule has 0 aliphatic carbocycles. The van der Waals surface area contributed by atoms with Crippen LogP contribution in [0.1, 0.15) is 36.5 Å². The van der Waals surface area contributed by atoms with E-state index in [4.69, 9.17) is 9.84 Å². The summed E-state index contributed by atoms with van der Waals surface area (Å²) >= 11 is 0. The number of benzene rings is 1. The zero-order chi connectivity index (χ0) is 17.7. The van der Waals surface area contributed by atoms with Gasteiger partial charge in [-0.1, -0.05) is 5.21 Å². The van der Waals surface area contributed by atoms with Crippen LogP contribution in [0.15, 0.2) is 24.3 Å². The summed E-state index contributed by atoms with van der Waals surface area (Å²) in [5, 5.41) is 19.0. The van der Waals surface area contributed by atoms with Gasteiger partial charge in [-0.15, -0.1) is 5.10 Å². The Morgan fingerprint density at radius 1 is 1.29 bits per heavy atom. The maximum Gasteiger partial charge on any atom is 0.305 e. The number of rotatable bonds is 7. The van der Waals surface area contributed by atoms with Crippen LogP contribution in [0.3, 0.4) is 0 Å². The van der Waals surface area contributed by atoms with Crippen molar-refractivity contribution in [3.8, 4) is 11.4 Å². The predicted octanol–water partition coefficient (Wildman–Crippen LogP) is 1.57. The average molecular weight is 332 g/mol. The molecule has 0 saturated carbocycles. The van der Waals surface area contributed by atoms with Crippen molar-refractivity contribution in [2.45, 2.75) is 33.3 Å². The van der Waals surface area contributed by atoms with Gasteiger partial charge in [-0.05, 0) is 45.0 Å². The lowest BCUT2D eigenvalue weighted by atomic mass is 10.2. The van der Waals surface area contributed by atoms with Crippen molar-refractivity contribution in [3.63, 3.8) is 0 Å². The summed E-state index contributed by atoms with van der Waals surface area (Å²) in [5.74, 6) is -0.669. The first-order valence-electron chi connectivity index (χ1n) is 7.58. The summed E-state index contributed by atoms with van der Waals surface area (Å²) in [6, 6.07) is 7.29. The van der Waals surface area contributed by atoms with Crippen LogP contribution in [0.25, 0.3) is 5.69 Å². The molecular weight excluding hydrogens is 312 g/mol. The monoisotopic (exact) mass is 332 g/mol. The largest absolute Gasteiger partial charge is 0.491 e. The second-order valence-electron chi connectivity index (χ2n) is 5.50. The van der Waals surface area contributed by atoms with E-state index in [9.17, 15) is 9.59 Å². The van der Waals surface area contributed by atoms with Crippen molar-refractivity contribution < 1.29 is 19.4 Å². The highest BCUT2D eigenvalue weighted by atomic mass is 16.5. The number of nitrogens with zero attached hydrogens (tertiary/aromatic N) is 3. The Bertz CT molecular complexity index is 722. The minimum absolute atomic E-state index is 0.0434. The molecule has 2 aromatic rings. The summed E-state index contributed by atoms with van der Waals surface area (Å²) in [6.07, 6.45) is -0.0546. The van der Waals surface area contributed by atoms with E-state index in [1.165, 1.54) is 0 Å². The molecule has 0 aliphatic heterocycles. The number of carbonyl (C=O) groups excluding carboxylic acids is 1. The molecule has 1 heterocycles. The van der Waals surface area contributed by atoms with Crippen LogP contribution in [0.4, 0.5) is 0 Å². The average Bonchev–Trinajstić information content (AvgIpc) is 2.89. The van der Waals surface area contributed by atoms with Crippen LogP contribution >= 0.6 is 0 Å². The van der Waals surface area contributed by atoms with Gasteiger partial charge in [0, 0.05) is 6.54 Å². The Kier molecular flexibility index (Phi) is 5.51. The Balaban J connectivity index is 2.11. The third-order valence-electron chi connectivity index (χ3n) is 3.19. The summed E-state index contributed by atoms with van der Waals surface area (Å²) in [4.78, 5) is 22.5. The molecule has 0 spiro atoms. The summed E-state index contributed by atoms with van der Waals surface area (Å²) in [7, 11) is 0. The number of aromatic nitrogens is 3. The maximum atomic E-state index is 12.0. The van der Waals surface area contributed by atoms with E-state index in [0.717, 1.165) is 11.4 Å². The van der Waals surface area contributed by atoms with Crippen LogP contribution in [0.2, 0.25) is 0 Å². The first-order chi connectivity index (χ1) is 11.4. The van der Waals surface area contributed by atoms with E-state index in [1.807, 2.05) is 38.1 Å². The highest BCUT2D eigenvalue weighted by molar-refractivity contribution is 5.93. The molecule has 0 unspecified atom stereocenters. The maximum absolute atomic E-state index is 12.0. The summed E-state index contributed by atoms with van der Waals surface area (Å²) < 4.78 is 7.13. The minimum atomic E-state index is -0.973. The predicted molar refractivity (Wildman–Crippen MR) is 86.4 cm³/mol. The molecule has 2 rings (SSSR count). The summed E-state index contributed by atoms with van der Waals surface area (Å²) in [5.41, 5.74) is 1.49. The van der Waals surface area contributed by atoms with E-state index >= 15 is 0 Å². The van der Waals surface area contributed by atoms with Gasteiger partial charge < -0.3 is 15.2 Å². The molecule has 0 aliphatic rings. The van der Waals surface area contributed by atoms with Crippen LogP contribution in [0, 0.1) is 6.92 Å². The van der Waals surface area contributed by atoms with E-state index in [-0.39, 0.29) is 24.8 Å². The van der Waals surface area contributed by atoms with Gasteiger partial charge in [0.25, 0.3) is 5.91 Å². The zero-order valence-electron chi connectivity index (χ0n) is 13.8. The van der Waals surface area contributed by atoms with Crippen LogP contribution in [-0.2, 0) is 4.79 Å². The molecule has 8 nitrogen and oxygen atoms in total. The van der Waals surface area contributed by atoms with Gasteiger partial charge in [0.05, 0.1) is 23.9 Å². The van der Waals surface area contributed by atoms with Crippen molar-refractivity contribution in [2.24, 2.45) is 0 Å². The standard InChI is InChI=1S/C16H20N4O4/c1-10(2)24-13-6-4-12(5-7-13)20-11(3)15(18-19-20)16(23)17-9-8-14(21)22/h4-7,10H,8-9H2,1-3H3,(H,17,23)(H,21,22). The number of ether oxygens (including phenoxy) is 1. The van der Waals surface area contributed by atoms with Crippen LogP contribution in [0.5, 0.6) is 5.75 Å². The van der Waals surface area contributed by atoms with E-state index in [0.29, 0.717) is 5.69 Å². The smallest absolute Gasteiger partial charge is 0.305 e. The molecule has 1 aromatic heterocycles. The van der Waals surface area contributed by atoms with Gasteiger partial charge >= 0.3 is 5.97 Å². The first-order valence-corrected chi connectivity index (χ1v) is 7.58. The fourth-order valence-corrected chi connectivity index (χ4v) is 2.09. The highest BCUT2D eigenvalue weighted by Gasteiger charge is 2.17. The van der Waals surface area contributed by atoms with Crippen molar-refractivity contribution in [1.82, 2.24) is 20.3 Å². The molecule has 0 atom stereocenters. The van der Waals surface area contributed by atoms with Crippen LogP contribution < -0.4 is 10.1 Å². The van der Waals surface area contributed by atoms with E-state index < -0.39 is 11.9 Å². The quantitative estimate of drug-likeness (QED) is 0.797. The van der Waals surface area contributed by atoms with Crippen molar-refractivity contribution in [1.29, 1.82) is 0 Å². The Hall–Kier alpha value is -2.90. The molecule has 1 aromatic carbocycles. The van der Waals surface area contributed by atoms with E-state index in [1.54, 1.807) is 11.6 Å².